The van der Waals surface area contributed by atoms with Crippen molar-refractivity contribution in [1.82, 2.24) is 14.6 Å². The number of halogens is 1. The minimum absolute atomic E-state index is 0.216. The lowest BCUT2D eigenvalue weighted by atomic mass is 10.1. The number of carbonyl (C=O) groups is 1. The maximum Gasteiger partial charge on any atom is 0.269 e. The molecule has 1 aromatic heterocycles. The number of nitrogens with zero attached hydrogens (tertiary/aromatic N) is 1. The fourth-order valence-electron chi connectivity index (χ4n) is 2.76. The van der Waals surface area contributed by atoms with Crippen LogP contribution >= 0.6 is 15.9 Å². The van der Waals surface area contributed by atoms with Crippen LogP contribution in [0.1, 0.15) is 29.0 Å². The second kappa shape index (κ2) is 7.46. The smallest absolute Gasteiger partial charge is 0.269 e. The van der Waals surface area contributed by atoms with Crippen molar-refractivity contribution in [2.75, 3.05) is 14.1 Å². The van der Waals surface area contributed by atoms with Gasteiger partial charge in [-0.25, -0.2) is 12.7 Å². The lowest BCUT2D eigenvalue weighted by Gasteiger charge is -2.16. The molecule has 1 amide bonds. The number of nitrogens with one attached hydrogen (secondary N) is 2. The maximum absolute atomic E-state index is 12.7. The third kappa shape index (κ3) is 3.78. The number of aromatic amines is 1. The average molecular weight is 450 g/mol. The Balaban J connectivity index is 1.79. The van der Waals surface area contributed by atoms with Crippen LogP contribution in [0.4, 0.5) is 0 Å². The van der Waals surface area contributed by atoms with Crippen molar-refractivity contribution in [2.45, 2.75) is 17.9 Å². The minimum Gasteiger partial charge on any atom is -0.350 e. The van der Waals surface area contributed by atoms with Gasteiger partial charge in [-0.1, -0.05) is 30.3 Å². The van der Waals surface area contributed by atoms with Crippen molar-refractivity contribution in [3.8, 4) is 0 Å². The first-order valence-electron chi connectivity index (χ1n) is 8.31. The predicted molar refractivity (Wildman–Crippen MR) is 109 cm³/mol. The van der Waals surface area contributed by atoms with Gasteiger partial charge < -0.3 is 10.3 Å². The number of fused-ring (bicyclic) bond motifs is 1. The van der Waals surface area contributed by atoms with Crippen LogP contribution in [0, 0.1) is 0 Å². The SMILES string of the molecule is CC(NC(=O)c1[nH]c2ccccc2c1Br)c1ccc(S(=O)(=O)N(C)C)cc1. The van der Waals surface area contributed by atoms with E-state index in [1.54, 1.807) is 24.3 Å². The summed E-state index contributed by atoms with van der Waals surface area (Å²) in [6.45, 7) is 1.85. The van der Waals surface area contributed by atoms with Crippen LogP contribution in [0.5, 0.6) is 0 Å². The molecule has 3 aromatic rings. The van der Waals surface area contributed by atoms with Gasteiger partial charge in [-0.3, -0.25) is 4.79 Å². The van der Waals surface area contributed by atoms with Crippen molar-refractivity contribution < 1.29 is 13.2 Å². The van der Waals surface area contributed by atoms with Crippen molar-refractivity contribution in [3.63, 3.8) is 0 Å². The zero-order valence-corrected chi connectivity index (χ0v) is 17.6. The molecule has 0 radical (unpaired) electrons. The van der Waals surface area contributed by atoms with Gasteiger partial charge >= 0.3 is 0 Å². The largest absolute Gasteiger partial charge is 0.350 e. The molecule has 1 heterocycles. The maximum atomic E-state index is 12.7. The molecule has 0 aliphatic rings. The summed E-state index contributed by atoms with van der Waals surface area (Å²) in [5, 5.41) is 3.87. The average Bonchev–Trinajstić information content (AvgIpc) is 2.99. The number of benzene rings is 2. The fraction of sp³-hybridized carbons (Fsp3) is 0.211. The number of carbonyl (C=O) groups excluding carboxylic acids is 1. The summed E-state index contributed by atoms with van der Waals surface area (Å²) in [5.41, 5.74) is 2.14. The summed E-state index contributed by atoms with van der Waals surface area (Å²) in [6, 6.07) is 13.9. The molecule has 6 nitrogen and oxygen atoms in total. The topological polar surface area (TPSA) is 82.3 Å². The normalized spacial score (nSPS) is 13.1. The van der Waals surface area contributed by atoms with Gasteiger partial charge in [0.05, 0.1) is 15.4 Å². The van der Waals surface area contributed by atoms with Crippen LogP contribution in [-0.2, 0) is 10.0 Å². The lowest BCUT2D eigenvalue weighted by molar-refractivity contribution is 0.0935. The van der Waals surface area contributed by atoms with Gasteiger partial charge in [-0.05, 0) is 46.6 Å². The molecule has 0 aliphatic heterocycles. The van der Waals surface area contributed by atoms with E-state index in [-0.39, 0.29) is 16.8 Å². The van der Waals surface area contributed by atoms with Gasteiger partial charge in [0.1, 0.15) is 5.69 Å². The van der Waals surface area contributed by atoms with E-state index in [2.05, 4.69) is 26.2 Å². The van der Waals surface area contributed by atoms with Crippen LogP contribution in [0.15, 0.2) is 57.9 Å². The summed E-state index contributed by atoms with van der Waals surface area (Å²) in [6.07, 6.45) is 0. The Labute approximate surface area is 166 Å². The van der Waals surface area contributed by atoms with Crippen LogP contribution in [-0.4, -0.2) is 37.7 Å². The molecule has 2 N–H and O–H groups in total. The number of aromatic nitrogens is 1. The highest BCUT2D eigenvalue weighted by Gasteiger charge is 2.20. The number of hydrogen-bond acceptors (Lipinski definition) is 3. The first-order valence-corrected chi connectivity index (χ1v) is 10.5. The number of hydrogen-bond donors (Lipinski definition) is 2. The Morgan fingerprint density at radius 2 is 1.74 bits per heavy atom. The highest BCUT2D eigenvalue weighted by Crippen LogP contribution is 2.28. The molecule has 0 aliphatic carbocycles. The number of H-pyrrole nitrogens is 1. The molecule has 27 heavy (non-hydrogen) atoms. The molecular weight excluding hydrogens is 430 g/mol. The number of sulfonamides is 1. The number of rotatable bonds is 5. The van der Waals surface area contributed by atoms with Gasteiger partial charge in [-0.2, -0.15) is 0 Å². The summed E-state index contributed by atoms with van der Waals surface area (Å²) < 4.78 is 26.2. The molecular formula is C19H20BrN3O3S. The van der Waals surface area contributed by atoms with Gasteiger partial charge in [0.15, 0.2) is 0 Å². The molecule has 142 valence electrons. The van der Waals surface area contributed by atoms with Crippen molar-refractivity contribution >= 4 is 42.8 Å². The van der Waals surface area contributed by atoms with Crippen LogP contribution in [0.2, 0.25) is 0 Å². The van der Waals surface area contributed by atoms with E-state index in [0.717, 1.165) is 20.9 Å². The fourth-order valence-corrected chi connectivity index (χ4v) is 4.28. The van der Waals surface area contributed by atoms with Crippen molar-refractivity contribution in [1.29, 1.82) is 0 Å². The van der Waals surface area contributed by atoms with E-state index < -0.39 is 10.0 Å². The van der Waals surface area contributed by atoms with E-state index in [1.165, 1.54) is 18.4 Å². The monoisotopic (exact) mass is 449 g/mol. The van der Waals surface area contributed by atoms with Gasteiger partial charge in [0.25, 0.3) is 5.91 Å². The predicted octanol–water partition coefficient (Wildman–Crippen LogP) is 3.67. The summed E-state index contributed by atoms with van der Waals surface area (Å²) in [4.78, 5) is 16.0. The van der Waals surface area contributed by atoms with E-state index in [4.69, 9.17) is 0 Å². The Kier molecular flexibility index (Phi) is 5.41. The van der Waals surface area contributed by atoms with Gasteiger partial charge in [-0.15, -0.1) is 0 Å². The van der Waals surface area contributed by atoms with Crippen molar-refractivity contribution in [3.05, 3.63) is 64.3 Å². The lowest BCUT2D eigenvalue weighted by Crippen LogP contribution is -2.27. The van der Waals surface area contributed by atoms with Crippen LogP contribution in [0.25, 0.3) is 10.9 Å². The molecule has 8 heteroatoms. The summed E-state index contributed by atoms with van der Waals surface area (Å²) in [5.74, 6) is -0.240. The van der Waals surface area contributed by atoms with E-state index in [1.807, 2.05) is 31.2 Å². The number of amides is 1. The summed E-state index contributed by atoms with van der Waals surface area (Å²) in [7, 11) is -0.490. The molecule has 0 saturated heterocycles. The highest BCUT2D eigenvalue weighted by molar-refractivity contribution is 9.10. The third-order valence-electron chi connectivity index (χ3n) is 4.38. The Hall–Kier alpha value is -2.16. The molecule has 0 bridgehead atoms. The highest BCUT2D eigenvalue weighted by atomic mass is 79.9. The Bertz CT molecular complexity index is 1090. The van der Waals surface area contributed by atoms with Crippen LogP contribution < -0.4 is 5.32 Å². The molecule has 0 spiro atoms. The molecule has 1 atom stereocenters. The quantitative estimate of drug-likeness (QED) is 0.623. The van der Waals surface area contributed by atoms with Gasteiger partial charge in [0.2, 0.25) is 10.0 Å². The Morgan fingerprint density at radius 3 is 2.33 bits per heavy atom. The number of para-hydroxylation sites is 1. The minimum atomic E-state index is -3.47. The van der Waals surface area contributed by atoms with Crippen LogP contribution in [0.3, 0.4) is 0 Å². The molecule has 2 aromatic carbocycles. The van der Waals surface area contributed by atoms with E-state index >= 15 is 0 Å². The molecule has 1 unspecified atom stereocenters. The third-order valence-corrected chi connectivity index (χ3v) is 7.03. The molecule has 3 rings (SSSR count). The Morgan fingerprint density at radius 1 is 1.11 bits per heavy atom. The first kappa shape index (κ1) is 19.6. The first-order chi connectivity index (χ1) is 12.7. The van der Waals surface area contributed by atoms with Gasteiger partial charge in [0, 0.05) is 25.0 Å². The molecule has 0 fully saturated rings. The zero-order chi connectivity index (χ0) is 19.8. The standard InChI is InChI=1S/C19H20BrN3O3S/c1-12(13-8-10-14(11-9-13)27(25,26)23(2)3)21-19(24)18-17(20)15-6-4-5-7-16(15)22-18/h4-12,22H,1-3H3,(H,21,24). The van der Waals surface area contributed by atoms with Crippen molar-refractivity contribution in [2.24, 2.45) is 0 Å². The second-order valence-corrected chi connectivity index (χ2v) is 9.36. The zero-order valence-electron chi connectivity index (χ0n) is 15.2. The second-order valence-electron chi connectivity index (χ2n) is 6.41. The van der Waals surface area contributed by atoms with E-state index in [9.17, 15) is 13.2 Å². The summed E-state index contributed by atoms with van der Waals surface area (Å²) >= 11 is 3.48. The van der Waals surface area contributed by atoms with E-state index in [0.29, 0.717) is 5.69 Å². The molecule has 0 saturated carbocycles.